The number of hydrogen-bond acceptors (Lipinski definition) is 6. The van der Waals surface area contributed by atoms with Crippen LogP contribution in [0, 0.1) is 21.1 Å². The van der Waals surface area contributed by atoms with Crippen molar-refractivity contribution in [2.45, 2.75) is 0 Å². The molecule has 9 nitrogen and oxygen atoms in total. The Morgan fingerprint density at radius 2 is 1.92 bits per heavy atom. The van der Waals surface area contributed by atoms with Gasteiger partial charge >= 0.3 is 5.97 Å². The number of rotatable bonds is 5. The van der Waals surface area contributed by atoms with Crippen LogP contribution in [0.15, 0.2) is 42.7 Å². The molecule has 0 atom stereocenters. The zero-order valence-electron chi connectivity index (χ0n) is 12.0. The molecule has 0 aliphatic heterocycles. The third kappa shape index (κ3) is 4.22. The number of benzene rings is 1. The number of esters is 1. The van der Waals surface area contributed by atoms with E-state index in [1.54, 1.807) is 0 Å². The highest BCUT2D eigenvalue weighted by Crippen LogP contribution is 2.21. The van der Waals surface area contributed by atoms with Gasteiger partial charge in [0.2, 0.25) is 0 Å². The number of non-ortho nitro benzene ring substituents is 1. The fraction of sp³-hybridized carbons (Fsp3) is 0.0714. The Balaban J connectivity index is 1.96. The first-order valence-electron chi connectivity index (χ1n) is 6.46. The zero-order chi connectivity index (χ0) is 17.7. The van der Waals surface area contributed by atoms with E-state index in [2.05, 4.69) is 5.32 Å². The molecule has 24 heavy (non-hydrogen) atoms. The Labute approximate surface area is 134 Å². The Bertz CT molecular complexity index is 794. The lowest BCUT2D eigenvalue weighted by Crippen LogP contribution is -2.25. The second-order valence-corrected chi connectivity index (χ2v) is 4.49. The normalized spacial score (nSPS) is 10.0. The standard InChI is InChI=1S/C14H10FN3O6/c15-11-2-1-10(18(22)23)7-12(11)16-13(19)8-24-14(20)9-3-5-17(21)6-4-9/h1-7H,8H2,(H,16,19). The summed E-state index contributed by atoms with van der Waals surface area (Å²) in [6.07, 6.45) is 2.16. The summed E-state index contributed by atoms with van der Waals surface area (Å²) in [6.45, 7) is -0.729. The van der Waals surface area contributed by atoms with E-state index in [0.29, 0.717) is 4.73 Å². The van der Waals surface area contributed by atoms with Crippen molar-refractivity contribution in [3.05, 3.63) is 69.4 Å². The number of nitro groups is 1. The number of pyridine rings is 1. The van der Waals surface area contributed by atoms with Gasteiger partial charge in [-0.3, -0.25) is 14.9 Å². The topological polar surface area (TPSA) is 125 Å². The van der Waals surface area contributed by atoms with Gasteiger partial charge in [-0.15, -0.1) is 0 Å². The fourth-order valence-electron chi connectivity index (χ4n) is 1.67. The first-order valence-corrected chi connectivity index (χ1v) is 6.46. The lowest BCUT2D eigenvalue weighted by molar-refractivity contribution is -0.605. The minimum absolute atomic E-state index is 0.0522. The van der Waals surface area contributed by atoms with Crippen LogP contribution in [0.3, 0.4) is 0 Å². The van der Waals surface area contributed by atoms with E-state index in [4.69, 9.17) is 4.74 Å². The maximum atomic E-state index is 13.5. The number of carbonyl (C=O) groups excluding carboxylic acids is 2. The van der Waals surface area contributed by atoms with Gasteiger partial charge in [0.1, 0.15) is 5.82 Å². The molecule has 0 radical (unpaired) electrons. The maximum Gasteiger partial charge on any atom is 0.339 e. The summed E-state index contributed by atoms with van der Waals surface area (Å²) in [7, 11) is 0. The number of amides is 1. The van der Waals surface area contributed by atoms with E-state index in [0.717, 1.165) is 30.6 Å². The van der Waals surface area contributed by atoms with Crippen molar-refractivity contribution < 1.29 is 28.4 Å². The molecule has 0 fully saturated rings. The van der Waals surface area contributed by atoms with Crippen molar-refractivity contribution in [3.63, 3.8) is 0 Å². The molecular formula is C14H10FN3O6. The van der Waals surface area contributed by atoms with E-state index >= 15 is 0 Å². The lowest BCUT2D eigenvalue weighted by atomic mass is 10.2. The smallest absolute Gasteiger partial charge is 0.339 e. The molecule has 1 aromatic carbocycles. The zero-order valence-corrected chi connectivity index (χ0v) is 12.0. The van der Waals surface area contributed by atoms with Crippen LogP contribution in [0.5, 0.6) is 0 Å². The molecule has 2 rings (SSSR count). The minimum atomic E-state index is -0.877. The van der Waals surface area contributed by atoms with Gasteiger partial charge in [0.05, 0.1) is 16.2 Å². The van der Waals surface area contributed by atoms with E-state index in [9.17, 15) is 29.3 Å². The number of aromatic nitrogens is 1. The molecule has 1 heterocycles. The van der Waals surface area contributed by atoms with Crippen molar-refractivity contribution in [2.75, 3.05) is 11.9 Å². The highest BCUT2D eigenvalue weighted by molar-refractivity contribution is 5.95. The Hall–Kier alpha value is -3.56. The van der Waals surface area contributed by atoms with Crippen molar-refractivity contribution >= 4 is 23.3 Å². The lowest BCUT2D eigenvalue weighted by Gasteiger charge is -2.07. The van der Waals surface area contributed by atoms with Gasteiger partial charge in [-0.25, -0.2) is 9.18 Å². The molecule has 2 aromatic rings. The van der Waals surface area contributed by atoms with Crippen molar-refractivity contribution in [3.8, 4) is 0 Å². The molecule has 1 aromatic heterocycles. The highest BCUT2D eigenvalue weighted by atomic mass is 19.1. The van der Waals surface area contributed by atoms with Crippen molar-refractivity contribution in [1.29, 1.82) is 0 Å². The van der Waals surface area contributed by atoms with Gasteiger partial charge in [0.25, 0.3) is 11.6 Å². The Morgan fingerprint density at radius 1 is 1.25 bits per heavy atom. The molecule has 0 saturated heterocycles. The Morgan fingerprint density at radius 3 is 2.54 bits per heavy atom. The third-order valence-electron chi connectivity index (χ3n) is 2.81. The molecule has 10 heteroatoms. The molecule has 1 amide bonds. The fourth-order valence-corrected chi connectivity index (χ4v) is 1.67. The van der Waals surface area contributed by atoms with Gasteiger partial charge in [-0.2, -0.15) is 4.73 Å². The first-order chi connectivity index (χ1) is 11.4. The summed E-state index contributed by atoms with van der Waals surface area (Å²) in [4.78, 5) is 33.2. The van der Waals surface area contributed by atoms with E-state index in [-0.39, 0.29) is 5.56 Å². The number of nitro benzene ring substituents is 1. The highest BCUT2D eigenvalue weighted by Gasteiger charge is 2.15. The number of anilines is 1. The Kier molecular flexibility index (Phi) is 5.00. The largest absolute Gasteiger partial charge is 0.619 e. The van der Waals surface area contributed by atoms with E-state index in [1.807, 2.05) is 0 Å². The molecule has 0 unspecified atom stereocenters. The summed E-state index contributed by atoms with van der Waals surface area (Å²) < 4.78 is 18.7. The van der Waals surface area contributed by atoms with Crippen LogP contribution in [0.1, 0.15) is 10.4 Å². The van der Waals surface area contributed by atoms with Crippen LogP contribution in [-0.2, 0) is 9.53 Å². The molecule has 0 aliphatic carbocycles. The second-order valence-electron chi connectivity index (χ2n) is 4.49. The SMILES string of the molecule is O=C(COC(=O)c1cc[n+]([O-])cc1)Nc1cc([N+](=O)[O-])ccc1F. The number of carbonyl (C=O) groups is 2. The predicted molar refractivity (Wildman–Crippen MR) is 77.4 cm³/mol. The molecule has 1 N–H and O–H groups in total. The maximum absolute atomic E-state index is 13.5. The molecule has 124 valence electrons. The summed E-state index contributed by atoms with van der Waals surface area (Å²) in [5.41, 5.74) is -0.757. The minimum Gasteiger partial charge on any atom is -0.619 e. The summed E-state index contributed by atoms with van der Waals surface area (Å²) in [6, 6.07) is 5.03. The van der Waals surface area contributed by atoms with Gasteiger partial charge in [0.15, 0.2) is 19.0 Å². The second kappa shape index (κ2) is 7.13. The number of nitrogens with zero attached hydrogens (tertiary/aromatic N) is 2. The van der Waals surface area contributed by atoms with Gasteiger partial charge in [-0.1, -0.05) is 0 Å². The van der Waals surface area contributed by atoms with Crippen LogP contribution < -0.4 is 10.0 Å². The number of hydrogen-bond donors (Lipinski definition) is 1. The summed E-state index contributed by atoms with van der Waals surface area (Å²) in [5.74, 6) is -2.61. The van der Waals surface area contributed by atoms with Crippen molar-refractivity contribution in [2.24, 2.45) is 0 Å². The van der Waals surface area contributed by atoms with Gasteiger partial charge in [0, 0.05) is 24.3 Å². The third-order valence-corrected chi connectivity index (χ3v) is 2.81. The van der Waals surface area contributed by atoms with Crippen LogP contribution in [-0.4, -0.2) is 23.4 Å². The number of nitrogens with one attached hydrogen (secondary N) is 1. The molecule has 0 bridgehead atoms. The van der Waals surface area contributed by atoms with E-state index in [1.165, 1.54) is 12.1 Å². The quantitative estimate of drug-likeness (QED) is 0.287. The van der Waals surface area contributed by atoms with Crippen LogP contribution in [0.2, 0.25) is 0 Å². The number of ether oxygens (including phenoxy) is 1. The average Bonchev–Trinajstić information content (AvgIpc) is 2.55. The van der Waals surface area contributed by atoms with Gasteiger partial charge < -0.3 is 15.3 Å². The summed E-state index contributed by atoms with van der Waals surface area (Å²) >= 11 is 0. The first kappa shape index (κ1) is 16.8. The van der Waals surface area contributed by atoms with Crippen LogP contribution in [0.25, 0.3) is 0 Å². The van der Waals surface area contributed by atoms with Crippen LogP contribution >= 0.6 is 0 Å². The van der Waals surface area contributed by atoms with Gasteiger partial charge in [-0.05, 0) is 6.07 Å². The van der Waals surface area contributed by atoms with E-state index < -0.39 is 40.6 Å². The van der Waals surface area contributed by atoms with Crippen LogP contribution in [0.4, 0.5) is 15.8 Å². The monoisotopic (exact) mass is 335 g/mol. The average molecular weight is 335 g/mol. The molecule has 0 aliphatic rings. The molecule has 0 saturated carbocycles. The summed E-state index contributed by atoms with van der Waals surface area (Å²) in [5, 5.41) is 23.5. The predicted octanol–water partition coefficient (Wildman–Crippen LogP) is 1.16. The van der Waals surface area contributed by atoms with Crippen molar-refractivity contribution in [1.82, 2.24) is 0 Å². The molecular weight excluding hydrogens is 325 g/mol. The molecule has 0 spiro atoms. The number of halogens is 1.